The van der Waals surface area contributed by atoms with Gasteiger partial charge in [0.15, 0.2) is 0 Å². The van der Waals surface area contributed by atoms with Gasteiger partial charge in [0.1, 0.15) is 0 Å². The van der Waals surface area contributed by atoms with Gasteiger partial charge in [-0.05, 0) is 25.3 Å². The molecule has 0 aromatic carbocycles. The van der Waals surface area contributed by atoms with Crippen LogP contribution in [0.1, 0.15) is 24.2 Å². The van der Waals surface area contributed by atoms with Crippen LogP contribution >= 0.6 is 11.3 Å². The van der Waals surface area contributed by atoms with E-state index in [9.17, 15) is 4.79 Å². The number of hydrogen-bond donors (Lipinski definition) is 0. The lowest BCUT2D eigenvalue weighted by atomic mass is 10.1. The molecule has 5 heteroatoms. The van der Waals surface area contributed by atoms with E-state index in [4.69, 9.17) is 4.74 Å². The molecule has 0 unspecified atom stereocenters. The molecule has 2 aliphatic heterocycles. The molecule has 2 aliphatic rings. The second-order valence-corrected chi connectivity index (χ2v) is 6.31. The van der Waals surface area contributed by atoms with E-state index in [1.807, 2.05) is 21.7 Å². The van der Waals surface area contributed by atoms with Crippen molar-refractivity contribution in [2.24, 2.45) is 0 Å². The number of nitrogens with zero attached hydrogens (tertiary/aromatic N) is 2. The summed E-state index contributed by atoms with van der Waals surface area (Å²) < 4.78 is 5.85. The number of rotatable bonds is 2. The summed E-state index contributed by atoms with van der Waals surface area (Å²) >= 11 is 1.57. The van der Waals surface area contributed by atoms with Crippen molar-refractivity contribution < 1.29 is 9.53 Å². The molecule has 2 saturated heterocycles. The highest BCUT2D eigenvalue weighted by molar-refractivity contribution is 7.08. The molecule has 0 saturated carbocycles. The lowest BCUT2D eigenvalue weighted by Gasteiger charge is -2.39. The first-order valence-electron chi connectivity index (χ1n) is 6.85. The average Bonchev–Trinajstić information content (AvgIpc) is 3.06. The Morgan fingerprint density at radius 1 is 1.47 bits per heavy atom. The third-order valence-electron chi connectivity index (χ3n) is 4.06. The molecule has 0 aliphatic carbocycles. The van der Waals surface area contributed by atoms with Crippen molar-refractivity contribution in [3.8, 4) is 0 Å². The van der Waals surface area contributed by atoms with Gasteiger partial charge in [0.25, 0.3) is 5.91 Å². The maximum Gasteiger partial charge on any atom is 0.254 e. The molecule has 0 spiro atoms. The van der Waals surface area contributed by atoms with Crippen molar-refractivity contribution in [3.05, 3.63) is 22.4 Å². The Bertz CT molecular complexity index is 446. The monoisotopic (exact) mass is 280 g/mol. The van der Waals surface area contributed by atoms with Crippen LogP contribution in [-0.4, -0.2) is 60.1 Å². The molecule has 0 bridgehead atoms. The van der Waals surface area contributed by atoms with E-state index in [2.05, 4.69) is 18.7 Å². The van der Waals surface area contributed by atoms with Gasteiger partial charge in [0.2, 0.25) is 0 Å². The lowest BCUT2D eigenvalue weighted by molar-refractivity contribution is -0.0582. The molecule has 19 heavy (non-hydrogen) atoms. The van der Waals surface area contributed by atoms with Crippen molar-refractivity contribution in [3.63, 3.8) is 0 Å². The zero-order valence-electron chi connectivity index (χ0n) is 11.4. The molecule has 0 radical (unpaired) electrons. The highest BCUT2D eigenvalue weighted by Crippen LogP contribution is 2.26. The minimum atomic E-state index is 0.142. The van der Waals surface area contributed by atoms with Gasteiger partial charge in [0.05, 0.1) is 24.3 Å². The maximum absolute atomic E-state index is 12.4. The molecule has 1 aromatic heterocycles. The summed E-state index contributed by atoms with van der Waals surface area (Å²) in [7, 11) is 0. The van der Waals surface area contributed by atoms with Crippen molar-refractivity contribution >= 4 is 17.2 Å². The zero-order valence-corrected chi connectivity index (χ0v) is 12.2. The summed E-state index contributed by atoms with van der Waals surface area (Å²) in [5, 5.41) is 3.87. The van der Waals surface area contributed by atoms with Crippen molar-refractivity contribution in [1.29, 1.82) is 0 Å². The van der Waals surface area contributed by atoms with Crippen LogP contribution < -0.4 is 0 Å². The van der Waals surface area contributed by atoms with Crippen LogP contribution in [0.4, 0.5) is 0 Å². The molecular formula is C14H20N2O2S. The van der Waals surface area contributed by atoms with Gasteiger partial charge < -0.3 is 9.64 Å². The number of thiophene rings is 1. The van der Waals surface area contributed by atoms with Crippen LogP contribution in [0.3, 0.4) is 0 Å². The number of hydrogen-bond acceptors (Lipinski definition) is 4. The highest BCUT2D eigenvalue weighted by atomic mass is 32.1. The van der Waals surface area contributed by atoms with E-state index >= 15 is 0 Å². The molecule has 3 heterocycles. The zero-order chi connectivity index (χ0) is 13.4. The Morgan fingerprint density at radius 2 is 2.32 bits per heavy atom. The van der Waals surface area contributed by atoms with Crippen LogP contribution in [0.25, 0.3) is 0 Å². The molecular weight excluding hydrogens is 260 g/mol. The van der Waals surface area contributed by atoms with Crippen LogP contribution in [0.5, 0.6) is 0 Å². The number of likely N-dealkylation sites (tertiary alicyclic amines) is 1. The number of amides is 1. The van der Waals surface area contributed by atoms with Crippen LogP contribution in [0.2, 0.25) is 0 Å². The number of ether oxygens (including phenoxy) is 1. The van der Waals surface area contributed by atoms with E-state index in [1.54, 1.807) is 11.3 Å². The molecule has 0 N–H and O–H groups in total. The average molecular weight is 280 g/mol. The van der Waals surface area contributed by atoms with Gasteiger partial charge in [-0.25, -0.2) is 0 Å². The van der Waals surface area contributed by atoms with E-state index in [0.717, 1.165) is 31.8 Å². The third kappa shape index (κ3) is 2.42. The molecule has 104 valence electrons. The van der Waals surface area contributed by atoms with E-state index in [0.29, 0.717) is 12.1 Å². The fourth-order valence-electron chi connectivity index (χ4n) is 3.09. The molecule has 1 aromatic rings. The van der Waals surface area contributed by atoms with E-state index < -0.39 is 0 Å². The van der Waals surface area contributed by atoms with Gasteiger partial charge in [-0.2, -0.15) is 11.3 Å². The van der Waals surface area contributed by atoms with Gasteiger partial charge in [-0.3, -0.25) is 9.69 Å². The van der Waals surface area contributed by atoms with Crippen LogP contribution in [-0.2, 0) is 4.74 Å². The lowest BCUT2D eigenvalue weighted by Crippen LogP contribution is -2.53. The summed E-state index contributed by atoms with van der Waals surface area (Å²) in [6.07, 6.45) is 0.179. The van der Waals surface area contributed by atoms with Gasteiger partial charge in [-0.15, -0.1) is 0 Å². The SMILES string of the molecule is CC(C)N1CCO[C@@H]2CN(C(=O)c3ccsc3)C[C@@H]21. The Labute approximate surface area is 118 Å². The van der Waals surface area contributed by atoms with E-state index in [-0.39, 0.29) is 12.0 Å². The minimum Gasteiger partial charge on any atom is -0.373 e. The van der Waals surface area contributed by atoms with Crippen LogP contribution in [0.15, 0.2) is 16.8 Å². The fraction of sp³-hybridized carbons (Fsp3) is 0.643. The fourth-order valence-corrected chi connectivity index (χ4v) is 3.72. The largest absolute Gasteiger partial charge is 0.373 e. The Hall–Kier alpha value is -0.910. The summed E-state index contributed by atoms with van der Waals surface area (Å²) in [4.78, 5) is 16.8. The normalized spacial score (nSPS) is 27.8. The second kappa shape index (κ2) is 5.23. The number of morpholine rings is 1. The predicted molar refractivity (Wildman–Crippen MR) is 75.6 cm³/mol. The van der Waals surface area contributed by atoms with Crippen LogP contribution in [0, 0.1) is 0 Å². The first kappa shape index (κ1) is 13.1. The van der Waals surface area contributed by atoms with Crippen molar-refractivity contribution in [2.45, 2.75) is 32.0 Å². The Morgan fingerprint density at radius 3 is 3.00 bits per heavy atom. The molecule has 3 rings (SSSR count). The summed E-state index contributed by atoms with van der Waals surface area (Å²) in [6.45, 7) is 7.69. The summed E-state index contributed by atoms with van der Waals surface area (Å²) in [6, 6.07) is 2.76. The number of fused-ring (bicyclic) bond motifs is 1. The summed E-state index contributed by atoms with van der Waals surface area (Å²) in [5.74, 6) is 0.142. The third-order valence-corrected chi connectivity index (χ3v) is 4.75. The van der Waals surface area contributed by atoms with Gasteiger partial charge >= 0.3 is 0 Å². The molecule has 2 atom stereocenters. The Balaban J connectivity index is 1.73. The smallest absolute Gasteiger partial charge is 0.254 e. The van der Waals surface area contributed by atoms with Gasteiger partial charge in [-0.1, -0.05) is 0 Å². The standard InChI is InChI=1S/C14H20N2O2S/c1-10(2)16-4-5-18-13-8-15(7-12(13)16)14(17)11-3-6-19-9-11/h3,6,9-10,12-13H,4-5,7-8H2,1-2H3/t12-,13+/m0/s1. The number of carbonyl (C=O) groups is 1. The minimum absolute atomic E-state index is 0.142. The first-order chi connectivity index (χ1) is 9.16. The highest BCUT2D eigenvalue weighted by Gasteiger charge is 2.42. The van der Waals surface area contributed by atoms with Crippen molar-refractivity contribution in [2.75, 3.05) is 26.2 Å². The quantitative estimate of drug-likeness (QED) is 0.826. The number of carbonyl (C=O) groups excluding carboxylic acids is 1. The Kier molecular flexibility index (Phi) is 3.60. The topological polar surface area (TPSA) is 32.8 Å². The van der Waals surface area contributed by atoms with Crippen molar-refractivity contribution in [1.82, 2.24) is 9.80 Å². The van der Waals surface area contributed by atoms with E-state index in [1.165, 1.54) is 0 Å². The molecule has 2 fully saturated rings. The summed E-state index contributed by atoms with van der Waals surface area (Å²) in [5.41, 5.74) is 0.805. The first-order valence-corrected chi connectivity index (χ1v) is 7.80. The molecule has 1 amide bonds. The second-order valence-electron chi connectivity index (χ2n) is 5.53. The maximum atomic E-state index is 12.4. The van der Waals surface area contributed by atoms with Gasteiger partial charge in [0, 0.05) is 31.1 Å². The predicted octanol–water partition coefficient (Wildman–Crippen LogP) is 1.68. The molecule has 4 nitrogen and oxygen atoms in total.